The monoisotopic (exact) mass is 538 g/mol. The second-order valence-corrected chi connectivity index (χ2v) is 14.2. The molecule has 3 aromatic rings. The highest BCUT2D eigenvalue weighted by Crippen LogP contribution is 2.33. The minimum Gasteiger partial charge on any atom is -0.497 e. The molecule has 1 aliphatic rings. The molecule has 8 heteroatoms. The summed E-state index contributed by atoms with van der Waals surface area (Å²) >= 11 is 1.61. The van der Waals surface area contributed by atoms with Crippen LogP contribution in [0, 0.1) is 10.8 Å². The highest BCUT2D eigenvalue weighted by molar-refractivity contribution is 7.22. The van der Waals surface area contributed by atoms with Crippen LogP contribution in [0.3, 0.4) is 0 Å². The quantitative estimate of drug-likeness (QED) is 0.274. The Balaban J connectivity index is 1.55. The van der Waals surface area contributed by atoms with Gasteiger partial charge >= 0.3 is 0 Å². The number of ether oxygens (including phenoxy) is 1. The lowest BCUT2D eigenvalue weighted by molar-refractivity contribution is 0.223. The first-order valence-corrected chi connectivity index (χ1v) is 14.5. The average molecular weight is 539 g/mol. The van der Waals surface area contributed by atoms with E-state index in [0.29, 0.717) is 23.5 Å². The first kappa shape index (κ1) is 28.6. The molecule has 7 nitrogen and oxygen atoms in total. The van der Waals surface area contributed by atoms with E-state index in [1.807, 2.05) is 18.2 Å². The Morgan fingerprint density at radius 2 is 1.82 bits per heavy atom. The third-order valence-electron chi connectivity index (χ3n) is 7.52. The summed E-state index contributed by atoms with van der Waals surface area (Å²) in [6.07, 6.45) is 2.32. The third-order valence-corrected chi connectivity index (χ3v) is 8.45. The predicted molar refractivity (Wildman–Crippen MR) is 162 cm³/mol. The molecule has 2 aromatic heterocycles. The van der Waals surface area contributed by atoms with Gasteiger partial charge in [0.2, 0.25) is 0 Å². The van der Waals surface area contributed by atoms with Gasteiger partial charge in [-0.2, -0.15) is 0 Å². The van der Waals surface area contributed by atoms with Gasteiger partial charge in [0.1, 0.15) is 17.4 Å². The molecule has 208 valence electrons. The van der Waals surface area contributed by atoms with Gasteiger partial charge in [0, 0.05) is 31.2 Å². The SMILES string of the molecule is COc1ccc2nc(Nc3cc(CNC(C)C(C)(C)C)cc(NC4CC(CC(C)(C)C)N(C)C4)n3)sc2c1. The summed E-state index contributed by atoms with van der Waals surface area (Å²) in [5.41, 5.74) is 2.65. The molecule has 4 rings (SSSR count). The maximum atomic E-state index is 5.38. The molecule has 0 spiro atoms. The molecule has 0 amide bonds. The summed E-state index contributed by atoms with van der Waals surface area (Å²) in [5, 5.41) is 11.8. The summed E-state index contributed by atoms with van der Waals surface area (Å²) in [4.78, 5) is 12.2. The highest BCUT2D eigenvalue weighted by Gasteiger charge is 2.32. The van der Waals surface area contributed by atoms with E-state index in [-0.39, 0.29) is 5.41 Å². The van der Waals surface area contributed by atoms with Gasteiger partial charge in [0.25, 0.3) is 0 Å². The van der Waals surface area contributed by atoms with Crippen molar-refractivity contribution in [1.29, 1.82) is 0 Å². The standard InChI is InChI=1S/C30H46N6OS/c1-19(30(5,6)7)31-17-20-12-26(32-21-14-22(36(8)18-21)16-29(2,3)4)34-27(13-20)35-28-33-24-11-10-23(37-9)15-25(24)38-28/h10-13,15,19,21-22,31H,14,16-18H2,1-9H3,(H2,32,33,34,35). The van der Waals surface area contributed by atoms with Gasteiger partial charge in [-0.25, -0.2) is 9.97 Å². The Morgan fingerprint density at radius 3 is 2.50 bits per heavy atom. The zero-order valence-corrected chi connectivity index (χ0v) is 25.4. The number of anilines is 3. The Labute approximate surface area is 232 Å². The number of hydrogen-bond acceptors (Lipinski definition) is 8. The lowest BCUT2D eigenvalue weighted by atomic mass is 9.87. The second-order valence-electron chi connectivity index (χ2n) is 13.1. The molecule has 38 heavy (non-hydrogen) atoms. The van der Waals surface area contributed by atoms with Crippen molar-refractivity contribution in [2.75, 3.05) is 31.3 Å². The molecule has 3 N–H and O–H groups in total. The van der Waals surface area contributed by atoms with E-state index in [2.05, 4.69) is 88.5 Å². The van der Waals surface area contributed by atoms with Crippen LogP contribution in [-0.2, 0) is 6.54 Å². The van der Waals surface area contributed by atoms with E-state index >= 15 is 0 Å². The lowest BCUT2D eigenvalue weighted by Crippen LogP contribution is -2.37. The second kappa shape index (κ2) is 11.4. The van der Waals surface area contributed by atoms with Gasteiger partial charge in [-0.3, -0.25) is 0 Å². The summed E-state index contributed by atoms with van der Waals surface area (Å²) in [7, 11) is 3.93. The van der Waals surface area contributed by atoms with Crippen LogP contribution in [0.4, 0.5) is 16.8 Å². The van der Waals surface area contributed by atoms with Crippen LogP contribution in [0.25, 0.3) is 10.2 Å². The number of benzene rings is 1. The lowest BCUT2D eigenvalue weighted by Gasteiger charge is -2.28. The summed E-state index contributed by atoms with van der Waals surface area (Å²) in [6, 6.07) is 11.6. The number of thiazole rings is 1. The molecule has 1 fully saturated rings. The van der Waals surface area contributed by atoms with Crippen LogP contribution in [0.5, 0.6) is 5.75 Å². The molecular formula is C30H46N6OS. The summed E-state index contributed by atoms with van der Waals surface area (Å²) in [6.45, 7) is 17.8. The van der Waals surface area contributed by atoms with Gasteiger partial charge in [0.15, 0.2) is 5.13 Å². The van der Waals surface area contributed by atoms with Crippen LogP contribution >= 0.6 is 11.3 Å². The zero-order valence-electron chi connectivity index (χ0n) is 24.6. The molecule has 0 aliphatic carbocycles. The number of nitrogens with zero attached hydrogens (tertiary/aromatic N) is 3. The van der Waals surface area contributed by atoms with Crippen molar-refractivity contribution < 1.29 is 4.74 Å². The summed E-state index contributed by atoms with van der Waals surface area (Å²) < 4.78 is 6.47. The number of pyridine rings is 1. The fourth-order valence-electron chi connectivity index (χ4n) is 4.94. The molecule has 3 heterocycles. The molecule has 0 saturated carbocycles. The van der Waals surface area contributed by atoms with Crippen molar-refractivity contribution in [2.24, 2.45) is 10.8 Å². The van der Waals surface area contributed by atoms with E-state index in [0.717, 1.165) is 52.2 Å². The Bertz CT molecular complexity index is 1230. The maximum Gasteiger partial charge on any atom is 0.189 e. The number of aromatic nitrogens is 2. The van der Waals surface area contributed by atoms with Crippen molar-refractivity contribution in [1.82, 2.24) is 20.2 Å². The van der Waals surface area contributed by atoms with Crippen LogP contribution in [-0.4, -0.2) is 53.7 Å². The van der Waals surface area contributed by atoms with Crippen LogP contribution < -0.4 is 20.7 Å². The van der Waals surface area contributed by atoms with Crippen molar-refractivity contribution in [2.45, 2.75) is 86.0 Å². The number of likely N-dealkylation sites (N-methyl/N-ethyl adjacent to an activating group) is 1. The van der Waals surface area contributed by atoms with E-state index in [1.54, 1.807) is 18.4 Å². The maximum absolute atomic E-state index is 5.38. The van der Waals surface area contributed by atoms with Crippen LogP contribution in [0.1, 0.15) is 66.9 Å². The molecule has 1 saturated heterocycles. The topological polar surface area (TPSA) is 74.3 Å². The zero-order chi connectivity index (χ0) is 27.7. The van der Waals surface area contributed by atoms with Crippen LogP contribution in [0.2, 0.25) is 0 Å². The third kappa shape index (κ3) is 7.58. The van der Waals surface area contributed by atoms with E-state index in [1.165, 1.54) is 12.0 Å². The van der Waals surface area contributed by atoms with Gasteiger partial charge < -0.3 is 25.6 Å². The van der Waals surface area contributed by atoms with Gasteiger partial charge in [-0.1, -0.05) is 52.9 Å². The smallest absolute Gasteiger partial charge is 0.189 e. The van der Waals surface area contributed by atoms with Crippen molar-refractivity contribution in [3.63, 3.8) is 0 Å². The van der Waals surface area contributed by atoms with Crippen molar-refractivity contribution in [3.05, 3.63) is 35.9 Å². The number of rotatable bonds is 9. The fourth-order valence-corrected chi connectivity index (χ4v) is 5.84. The largest absolute Gasteiger partial charge is 0.497 e. The normalized spacial score (nSPS) is 19.6. The Hall–Kier alpha value is -2.42. The number of nitrogens with one attached hydrogen (secondary N) is 3. The molecule has 0 bridgehead atoms. The Morgan fingerprint density at radius 1 is 1.08 bits per heavy atom. The number of methoxy groups -OCH3 is 1. The van der Waals surface area contributed by atoms with Gasteiger partial charge in [0.05, 0.1) is 17.3 Å². The first-order chi connectivity index (χ1) is 17.8. The van der Waals surface area contributed by atoms with E-state index in [4.69, 9.17) is 14.7 Å². The van der Waals surface area contributed by atoms with E-state index < -0.39 is 0 Å². The number of fused-ring (bicyclic) bond motifs is 1. The van der Waals surface area contributed by atoms with Crippen LogP contribution in [0.15, 0.2) is 30.3 Å². The Kier molecular flexibility index (Phi) is 8.55. The minimum atomic E-state index is 0.188. The molecular weight excluding hydrogens is 492 g/mol. The van der Waals surface area contributed by atoms with Crippen molar-refractivity contribution in [3.8, 4) is 5.75 Å². The summed E-state index contributed by atoms with van der Waals surface area (Å²) in [5.74, 6) is 2.55. The number of likely N-dealkylation sites (tertiary alicyclic amines) is 1. The average Bonchev–Trinajstić information content (AvgIpc) is 3.36. The number of hydrogen-bond donors (Lipinski definition) is 3. The van der Waals surface area contributed by atoms with Crippen molar-refractivity contribution >= 4 is 38.3 Å². The molecule has 3 unspecified atom stereocenters. The van der Waals surface area contributed by atoms with Gasteiger partial charge in [-0.05, 0) is 73.5 Å². The molecule has 1 aromatic carbocycles. The first-order valence-electron chi connectivity index (χ1n) is 13.7. The minimum absolute atomic E-state index is 0.188. The van der Waals surface area contributed by atoms with Gasteiger partial charge in [-0.15, -0.1) is 0 Å². The molecule has 0 radical (unpaired) electrons. The molecule has 3 atom stereocenters. The fraction of sp³-hybridized carbons (Fsp3) is 0.600. The predicted octanol–water partition coefficient (Wildman–Crippen LogP) is 6.89. The van der Waals surface area contributed by atoms with E-state index in [9.17, 15) is 0 Å². The molecule has 1 aliphatic heterocycles. The highest BCUT2D eigenvalue weighted by atomic mass is 32.1.